The zero-order chi connectivity index (χ0) is 14.8. The highest BCUT2D eigenvalue weighted by Crippen LogP contribution is 2.33. The number of hydrogen-bond donors (Lipinski definition) is 0. The third-order valence-electron chi connectivity index (χ3n) is 3.98. The first-order valence-corrected chi connectivity index (χ1v) is 7.07. The van der Waals surface area contributed by atoms with Crippen molar-refractivity contribution in [1.82, 2.24) is 4.90 Å². The summed E-state index contributed by atoms with van der Waals surface area (Å²) < 4.78 is 40.4. The van der Waals surface area contributed by atoms with Crippen LogP contribution in [-0.2, 0) is 6.54 Å². The zero-order valence-electron chi connectivity index (χ0n) is 11.5. The van der Waals surface area contributed by atoms with Crippen molar-refractivity contribution in [3.8, 4) is 0 Å². The molecule has 1 fully saturated rings. The summed E-state index contributed by atoms with van der Waals surface area (Å²) in [6.07, 6.45) is 1.87. The minimum absolute atomic E-state index is 0.0587. The van der Waals surface area contributed by atoms with Crippen LogP contribution in [0.25, 0.3) is 0 Å². The summed E-state index contributed by atoms with van der Waals surface area (Å²) in [4.78, 5) is 2.08. The van der Waals surface area contributed by atoms with Crippen LogP contribution >= 0.6 is 0 Å². The second kappa shape index (κ2) is 5.90. The molecule has 1 saturated heterocycles. The molecule has 0 N–H and O–H groups in total. The van der Waals surface area contributed by atoms with Crippen LogP contribution in [0.15, 0.2) is 42.5 Å². The number of halogens is 3. The smallest absolute Gasteiger partial charge is 0.127 e. The molecule has 21 heavy (non-hydrogen) atoms. The van der Waals surface area contributed by atoms with E-state index < -0.39 is 11.6 Å². The Bertz CT molecular complexity index is 642. The Balaban J connectivity index is 1.83. The van der Waals surface area contributed by atoms with Crippen LogP contribution in [0.5, 0.6) is 0 Å². The summed E-state index contributed by atoms with van der Waals surface area (Å²) >= 11 is 0. The molecule has 0 aliphatic carbocycles. The van der Waals surface area contributed by atoms with Gasteiger partial charge in [-0.1, -0.05) is 12.1 Å². The van der Waals surface area contributed by atoms with Crippen molar-refractivity contribution in [2.75, 3.05) is 6.54 Å². The minimum Gasteiger partial charge on any atom is -0.292 e. The fourth-order valence-corrected chi connectivity index (χ4v) is 2.99. The molecule has 1 nitrogen and oxygen atoms in total. The lowest BCUT2D eigenvalue weighted by Gasteiger charge is -2.25. The van der Waals surface area contributed by atoms with Gasteiger partial charge in [0.25, 0.3) is 0 Å². The van der Waals surface area contributed by atoms with Crippen LogP contribution in [0.4, 0.5) is 13.2 Å². The van der Waals surface area contributed by atoms with Crippen molar-refractivity contribution in [3.05, 3.63) is 71.0 Å². The van der Waals surface area contributed by atoms with Gasteiger partial charge in [-0.15, -0.1) is 0 Å². The van der Waals surface area contributed by atoms with E-state index in [1.807, 2.05) is 6.07 Å². The standard InChI is InChI=1S/C17H16F3N/c18-14-4-1-3-12(9-14)17-5-2-8-21(17)11-13-10-15(19)6-7-16(13)20/h1,3-4,6-7,9-10,17H,2,5,8,11H2/t17-/m0/s1. The first-order chi connectivity index (χ1) is 10.1. The van der Waals surface area contributed by atoms with Gasteiger partial charge in [-0.05, 0) is 55.3 Å². The third kappa shape index (κ3) is 3.10. The maximum absolute atomic E-state index is 13.8. The van der Waals surface area contributed by atoms with E-state index in [9.17, 15) is 13.2 Å². The summed E-state index contributed by atoms with van der Waals surface area (Å²) in [6.45, 7) is 1.14. The normalized spacial score (nSPS) is 19.1. The molecule has 0 amide bonds. The van der Waals surface area contributed by atoms with E-state index in [-0.39, 0.29) is 11.9 Å². The number of benzene rings is 2. The van der Waals surface area contributed by atoms with Gasteiger partial charge in [0.2, 0.25) is 0 Å². The molecular weight excluding hydrogens is 275 g/mol. The molecule has 0 spiro atoms. The highest BCUT2D eigenvalue weighted by molar-refractivity contribution is 5.23. The number of hydrogen-bond acceptors (Lipinski definition) is 1. The first kappa shape index (κ1) is 14.1. The molecule has 0 bridgehead atoms. The monoisotopic (exact) mass is 291 g/mol. The van der Waals surface area contributed by atoms with Crippen molar-refractivity contribution >= 4 is 0 Å². The van der Waals surface area contributed by atoms with Gasteiger partial charge in [0, 0.05) is 18.2 Å². The van der Waals surface area contributed by atoms with Crippen LogP contribution in [-0.4, -0.2) is 11.4 Å². The van der Waals surface area contributed by atoms with Crippen molar-refractivity contribution < 1.29 is 13.2 Å². The zero-order valence-corrected chi connectivity index (χ0v) is 11.5. The van der Waals surface area contributed by atoms with Gasteiger partial charge in [-0.2, -0.15) is 0 Å². The Morgan fingerprint density at radius 3 is 2.62 bits per heavy atom. The van der Waals surface area contributed by atoms with E-state index in [0.29, 0.717) is 12.1 Å². The Hall–Kier alpha value is -1.81. The molecular formula is C17H16F3N. The largest absolute Gasteiger partial charge is 0.292 e. The van der Waals surface area contributed by atoms with Crippen molar-refractivity contribution in [2.24, 2.45) is 0 Å². The summed E-state index contributed by atoms with van der Waals surface area (Å²) in [7, 11) is 0. The SMILES string of the molecule is Fc1cccc([C@@H]2CCCN2Cc2cc(F)ccc2F)c1. The van der Waals surface area contributed by atoms with E-state index in [1.165, 1.54) is 18.2 Å². The summed E-state index contributed by atoms with van der Waals surface area (Å²) in [6, 6.07) is 10.1. The third-order valence-corrected chi connectivity index (χ3v) is 3.98. The van der Waals surface area contributed by atoms with E-state index >= 15 is 0 Å². The van der Waals surface area contributed by atoms with Crippen molar-refractivity contribution in [2.45, 2.75) is 25.4 Å². The Kier molecular flexibility index (Phi) is 3.97. The molecule has 0 radical (unpaired) electrons. The molecule has 1 aliphatic rings. The minimum atomic E-state index is -0.437. The van der Waals surface area contributed by atoms with Crippen molar-refractivity contribution in [3.63, 3.8) is 0 Å². The van der Waals surface area contributed by atoms with Gasteiger partial charge in [-0.25, -0.2) is 13.2 Å². The summed E-state index contributed by atoms with van der Waals surface area (Å²) in [5.74, 6) is -1.11. The maximum atomic E-state index is 13.8. The quantitative estimate of drug-likeness (QED) is 0.808. The number of rotatable bonds is 3. The lowest BCUT2D eigenvalue weighted by molar-refractivity contribution is 0.244. The van der Waals surface area contributed by atoms with Crippen molar-refractivity contribution in [1.29, 1.82) is 0 Å². The summed E-state index contributed by atoms with van der Waals surface area (Å²) in [5.41, 5.74) is 1.24. The van der Waals surface area contributed by atoms with Crippen LogP contribution in [0.2, 0.25) is 0 Å². The lowest BCUT2D eigenvalue weighted by atomic mass is 10.0. The highest BCUT2D eigenvalue weighted by Gasteiger charge is 2.26. The van der Waals surface area contributed by atoms with Crippen LogP contribution in [0.3, 0.4) is 0 Å². The highest BCUT2D eigenvalue weighted by atomic mass is 19.1. The van der Waals surface area contributed by atoms with Gasteiger partial charge >= 0.3 is 0 Å². The molecule has 1 heterocycles. The predicted octanol–water partition coefficient (Wildman–Crippen LogP) is 4.44. The van der Waals surface area contributed by atoms with E-state index in [1.54, 1.807) is 6.07 Å². The molecule has 110 valence electrons. The van der Waals surface area contributed by atoms with E-state index in [0.717, 1.165) is 37.1 Å². The van der Waals surface area contributed by atoms with Gasteiger partial charge in [0.05, 0.1) is 0 Å². The fourth-order valence-electron chi connectivity index (χ4n) is 2.99. The van der Waals surface area contributed by atoms with Crippen LogP contribution in [0.1, 0.15) is 30.0 Å². The van der Waals surface area contributed by atoms with E-state index in [4.69, 9.17) is 0 Å². The number of nitrogens with zero attached hydrogens (tertiary/aromatic N) is 1. The Morgan fingerprint density at radius 1 is 1.00 bits per heavy atom. The molecule has 0 saturated carbocycles. The Morgan fingerprint density at radius 2 is 1.81 bits per heavy atom. The molecule has 2 aromatic rings. The van der Waals surface area contributed by atoms with Gasteiger partial charge < -0.3 is 0 Å². The molecule has 1 atom stereocenters. The van der Waals surface area contributed by atoms with Gasteiger partial charge in [-0.3, -0.25) is 4.90 Å². The maximum Gasteiger partial charge on any atom is 0.127 e. The number of likely N-dealkylation sites (tertiary alicyclic amines) is 1. The van der Waals surface area contributed by atoms with Gasteiger partial charge in [0.15, 0.2) is 0 Å². The lowest BCUT2D eigenvalue weighted by Crippen LogP contribution is -2.23. The summed E-state index contributed by atoms with van der Waals surface area (Å²) in [5, 5.41) is 0. The molecule has 2 aromatic carbocycles. The molecule has 1 aliphatic heterocycles. The average molecular weight is 291 g/mol. The second-order valence-corrected chi connectivity index (χ2v) is 5.42. The Labute approximate surface area is 122 Å². The van der Waals surface area contributed by atoms with Gasteiger partial charge in [0.1, 0.15) is 17.5 Å². The molecule has 0 unspecified atom stereocenters. The second-order valence-electron chi connectivity index (χ2n) is 5.42. The predicted molar refractivity (Wildman–Crippen MR) is 75.1 cm³/mol. The average Bonchev–Trinajstić information content (AvgIpc) is 2.91. The van der Waals surface area contributed by atoms with Crippen LogP contribution in [0, 0.1) is 17.5 Å². The first-order valence-electron chi connectivity index (χ1n) is 7.07. The fraction of sp³-hybridized carbons (Fsp3) is 0.294. The van der Waals surface area contributed by atoms with Crippen LogP contribution < -0.4 is 0 Å². The van der Waals surface area contributed by atoms with E-state index in [2.05, 4.69) is 4.90 Å². The molecule has 3 rings (SSSR count). The molecule has 4 heteroatoms. The topological polar surface area (TPSA) is 3.24 Å². The molecule has 0 aromatic heterocycles.